The quantitative estimate of drug-likeness (QED) is 0.182. The first kappa shape index (κ1) is 30.0. The molecule has 7 nitrogen and oxygen atoms in total. The van der Waals surface area contributed by atoms with Crippen molar-refractivity contribution in [2.45, 2.75) is 58.3 Å². The van der Waals surface area contributed by atoms with Gasteiger partial charge in [-0.25, -0.2) is 9.59 Å². The van der Waals surface area contributed by atoms with Crippen LogP contribution in [0.3, 0.4) is 0 Å². The van der Waals surface area contributed by atoms with Gasteiger partial charge in [0, 0.05) is 23.1 Å². The van der Waals surface area contributed by atoms with Crippen LogP contribution < -0.4 is 9.47 Å². The first-order valence-electron chi connectivity index (χ1n) is 13.6. The van der Waals surface area contributed by atoms with Crippen molar-refractivity contribution in [3.63, 3.8) is 0 Å². The lowest BCUT2D eigenvalue weighted by atomic mass is 9.83. The highest BCUT2D eigenvalue weighted by molar-refractivity contribution is 5.87. The highest BCUT2D eigenvalue weighted by Gasteiger charge is 2.18. The summed E-state index contributed by atoms with van der Waals surface area (Å²) in [6.07, 6.45) is 6.72. The topological polar surface area (TPSA) is 91.3 Å². The van der Waals surface area contributed by atoms with Gasteiger partial charge in [0.25, 0.3) is 0 Å². The number of hydrogen-bond acceptors (Lipinski definition) is 7. The molecule has 2 aromatic carbocycles. The van der Waals surface area contributed by atoms with Crippen molar-refractivity contribution >= 4 is 11.9 Å². The van der Waals surface area contributed by atoms with Crippen molar-refractivity contribution in [3.05, 3.63) is 71.8 Å². The number of rotatable bonds is 14. The molecule has 0 bridgehead atoms. The Morgan fingerprint density at radius 3 is 2.08 bits per heavy atom. The number of carbonyl (C=O) groups is 2. The number of hydrogen-bond donors (Lipinski definition) is 1. The van der Waals surface area contributed by atoms with Gasteiger partial charge >= 0.3 is 11.9 Å². The molecular weight excluding hydrogens is 496 g/mol. The Hall–Kier alpha value is -3.58. The molecule has 1 aliphatic carbocycles. The zero-order valence-corrected chi connectivity index (χ0v) is 23.1. The van der Waals surface area contributed by atoms with Crippen LogP contribution in [0.15, 0.2) is 60.7 Å². The van der Waals surface area contributed by atoms with Gasteiger partial charge in [-0.3, -0.25) is 0 Å². The summed E-state index contributed by atoms with van der Waals surface area (Å²) in [5, 5.41) is 9.40. The fourth-order valence-corrected chi connectivity index (χ4v) is 4.60. The van der Waals surface area contributed by atoms with E-state index in [0.29, 0.717) is 35.0 Å². The molecule has 39 heavy (non-hydrogen) atoms. The lowest BCUT2D eigenvalue weighted by Gasteiger charge is -2.22. The summed E-state index contributed by atoms with van der Waals surface area (Å²) in [6, 6.07) is 12.5. The third-order valence-corrected chi connectivity index (χ3v) is 6.67. The van der Waals surface area contributed by atoms with Crippen LogP contribution in [0.5, 0.6) is 11.5 Å². The van der Waals surface area contributed by atoms with E-state index in [9.17, 15) is 14.7 Å². The number of benzene rings is 2. The van der Waals surface area contributed by atoms with Gasteiger partial charge in [0.1, 0.15) is 19.8 Å². The molecule has 7 heteroatoms. The highest BCUT2D eigenvalue weighted by Crippen LogP contribution is 2.38. The number of aliphatic hydroxyl groups excluding tert-OH is 1. The standard InChI is InChI=1S/C32H40O7/c1-22(2)31(34)38-16-14-27-20-28(26-12-10-25(11-13-26)24-8-6-5-7-9-24)21-29(30(27)37-17-15-33)36-18-19-39-32(35)23(3)4/h10-13,20-21,24,33H,1,3,5-9,14-19H2,2,4H3. The molecule has 0 unspecified atom stereocenters. The van der Waals surface area contributed by atoms with Crippen LogP contribution in [0.4, 0.5) is 0 Å². The van der Waals surface area contributed by atoms with E-state index in [4.69, 9.17) is 18.9 Å². The van der Waals surface area contributed by atoms with Crippen LogP contribution >= 0.6 is 0 Å². The van der Waals surface area contributed by atoms with Crippen LogP contribution in [-0.2, 0) is 25.5 Å². The molecule has 2 aromatic rings. The predicted octanol–water partition coefficient (Wildman–Crippen LogP) is 5.93. The first-order valence-corrected chi connectivity index (χ1v) is 13.6. The average molecular weight is 537 g/mol. The second-order valence-corrected chi connectivity index (χ2v) is 9.92. The first-order chi connectivity index (χ1) is 18.8. The molecule has 1 aliphatic rings. The molecule has 0 amide bonds. The lowest BCUT2D eigenvalue weighted by molar-refractivity contribution is -0.140. The van der Waals surface area contributed by atoms with Crippen molar-refractivity contribution in [2.75, 3.05) is 33.0 Å². The third kappa shape index (κ3) is 8.99. The van der Waals surface area contributed by atoms with Crippen molar-refractivity contribution in [3.8, 4) is 22.6 Å². The maximum absolute atomic E-state index is 11.9. The smallest absolute Gasteiger partial charge is 0.333 e. The summed E-state index contributed by atoms with van der Waals surface area (Å²) in [4.78, 5) is 23.7. The number of ether oxygens (including phenoxy) is 4. The summed E-state index contributed by atoms with van der Waals surface area (Å²) >= 11 is 0. The van der Waals surface area contributed by atoms with Crippen LogP contribution in [0.2, 0.25) is 0 Å². The van der Waals surface area contributed by atoms with Gasteiger partial charge < -0.3 is 24.1 Å². The van der Waals surface area contributed by atoms with Gasteiger partial charge in [0.05, 0.1) is 13.2 Å². The van der Waals surface area contributed by atoms with E-state index in [2.05, 4.69) is 37.4 Å². The van der Waals surface area contributed by atoms with Gasteiger partial charge in [-0.1, -0.05) is 56.7 Å². The monoisotopic (exact) mass is 536 g/mol. The van der Waals surface area contributed by atoms with Crippen molar-refractivity contribution in [1.82, 2.24) is 0 Å². The molecule has 0 spiro atoms. The summed E-state index contributed by atoms with van der Waals surface area (Å²) < 4.78 is 22.4. The van der Waals surface area contributed by atoms with E-state index in [1.807, 2.05) is 12.1 Å². The predicted molar refractivity (Wildman–Crippen MR) is 151 cm³/mol. The van der Waals surface area contributed by atoms with Crippen LogP contribution in [-0.4, -0.2) is 50.1 Å². The SMILES string of the molecule is C=C(C)C(=O)OCCOc1cc(-c2ccc(C3CCCCC3)cc2)cc(CCOC(=O)C(=C)C)c1OCCO. The normalized spacial score (nSPS) is 13.4. The number of carbonyl (C=O) groups excluding carboxylic acids is 2. The minimum absolute atomic E-state index is 0.0387. The zero-order chi connectivity index (χ0) is 28.2. The summed E-state index contributed by atoms with van der Waals surface area (Å²) in [5.74, 6) is 0.566. The van der Waals surface area contributed by atoms with Gasteiger partial charge in [0.2, 0.25) is 0 Å². The lowest BCUT2D eigenvalue weighted by Crippen LogP contribution is -2.14. The third-order valence-electron chi connectivity index (χ3n) is 6.67. The van der Waals surface area contributed by atoms with E-state index in [0.717, 1.165) is 16.7 Å². The van der Waals surface area contributed by atoms with Gasteiger partial charge in [0.15, 0.2) is 11.5 Å². The molecule has 1 N–H and O–H groups in total. The van der Waals surface area contributed by atoms with E-state index in [1.54, 1.807) is 13.8 Å². The molecule has 1 saturated carbocycles. The Kier molecular flexibility index (Phi) is 11.6. The highest BCUT2D eigenvalue weighted by atomic mass is 16.6. The van der Waals surface area contributed by atoms with E-state index in [1.165, 1.54) is 37.7 Å². The molecular formula is C32H40O7. The van der Waals surface area contributed by atoms with E-state index in [-0.39, 0.29) is 33.0 Å². The number of aliphatic hydroxyl groups is 1. The zero-order valence-electron chi connectivity index (χ0n) is 23.1. The van der Waals surface area contributed by atoms with E-state index >= 15 is 0 Å². The fraction of sp³-hybridized carbons (Fsp3) is 0.438. The molecule has 0 radical (unpaired) electrons. The minimum atomic E-state index is -0.484. The van der Waals surface area contributed by atoms with Crippen LogP contribution in [0.25, 0.3) is 11.1 Å². The van der Waals surface area contributed by atoms with Crippen LogP contribution in [0, 0.1) is 0 Å². The van der Waals surface area contributed by atoms with Gasteiger partial charge in [-0.05, 0) is 61.4 Å². The molecule has 0 aromatic heterocycles. The molecule has 1 fully saturated rings. The molecule has 0 aliphatic heterocycles. The Bertz CT molecular complexity index is 1140. The Morgan fingerprint density at radius 2 is 1.46 bits per heavy atom. The number of esters is 2. The Balaban J connectivity index is 1.89. The summed E-state index contributed by atoms with van der Waals surface area (Å²) in [5.41, 5.74) is 4.70. The average Bonchev–Trinajstić information content (AvgIpc) is 2.94. The molecule has 0 saturated heterocycles. The van der Waals surface area contributed by atoms with Crippen molar-refractivity contribution < 1.29 is 33.6 Å². The second kappa shape index (κ2) is 15.1. The molecule has 3 rings (SSSR count). The van der Waals surface area contributed by atoms with Crippen LogP contribution in [0.1, 0.15) is 63.0 Å². The van der Waals surface area contributed by atoms with E-state index < -0.39 is 11.9 Å². The Morgan fingerprint density at radius 1 is 0.821 bits per heavy atom. The summed E-state index contributed by atoms with van der Waals surface area (Å²) in [6.45, 7) is 10.5. The molecule has 210 valence electrons. The molecule has 0 heterocycles. The molecule has 0 atom stereocenters. The maximum atomic E-state index is 11.9. The summed E-state index contributed by atoms with van der Waals surface area (Å²) in [7, 11) is 0. The Labute approximate surface area is 231 Å². The van der Waals surface area contributed by atoms with Crippen molar-refractivity contribution in [1.29, 1.82) is 0 Å². The van der Waals surface area contributed by atoms with Crippen molar-refractivity contribution in [2.24, 2.45) is 0 Å². The second-order valence-electron chi connectivity index (χ2n) is 9.92. The largest absolute Gasteiger partial charge is 0.487 e. The minimum Gasteiger partial charge on any atom is -0.487 e. The fourth-order valence-electron chi connectivity index (χ4n) is 4.60. The van der Waals surface area contributed by atoms with Gasteiger partial charge in [-0.15, -0.1) is 0 Å². The van der Waals surface area contributed by atoms with Gasteiger partial charge in [-0.2, -0.15) is 0 Å². The maximum Gasteiger partial charge on any atom is 0.333 e.